The van der Waals surface area contributed by atoms with Crippen molar-refractivity contribution in [1.29, 1.82) is 0 Å². The summed E-state index contributed by atoms with van der Waals surface area (Å²) in [6.07, 6.45) is 0.555. The van der Waals surface area contributed by atoms with E-state index in [-0.39, 0.29) is 22.9 Å². The first kappa shape index (κ1) is 18.4. The minimum Gasteiger partial charge on any atom is -0.309 e. The van der Waals surface area contributed by atoms with Crippen LogP contribution in [0.25, 0.3) is 0 Å². The van der Waals surface area contributed by atoms with Crippen molar-refractivity contribution < 1.29 is 16.8 Å². The molecule has 1 saturated heterocycles. The minimum absolute atomic E-state index is 0.101. The summed E-state index contributed by atoms with van der Waals surface area (Å²) in [5, 5.41) is 3.15. The lowest BCUT2D eigenvalue weighted by atomic mass is 10.0. The van der Waals surface area contributed by atoms with Crippen molar-refractivity contribution in [3.63, 3.8) is 0 Å². The lowest BCUT2D eigenvalue weighted by molar-refractivity contribution is 0.400. The van der Waals surface area contributed by atoms with Gasteiger partial charge >= 0.3 is 0 Å². The molecule has 0 radical (unpaired) electrons. The summed E-state index contributed by atoms with van der Waals surface area (Å²) < 4.78 is 50.1. The first-order chi connectivity index (χ1) is 10.5. The molecule has 1 aliphatic rings. The number of sulfone groups is 1. The number of rotatable bonds is 6. The Balaban J connectivity index is 1.89. The molecule has 0 saturated carbocycles. The molecule has 0 spiro atoms. The number of benzene rings is 1. The topological polar surface area (TPSA) is 92.3 Å². The molecule has 1 aliphatic heterocycles. The van der Waals surface area contributed by atoms with Crippen LogP contribution >= 0.6 is 0 Å². The van der Waals surface area contributed by atoms with E-state index in [0.29, 0.717) is 13.0 Å². The fraction of sp³-hybridized carbons (Fsp3) is 0.600. The van der Waals surface area contributed by atoms with Gasteiger partial charge < -0.3 is 5.32 Å². The van der Waals surface area contributed by atoms with E-state index in [0.717, 1.165) is 11.1 Å². The second kappa shape index (κ2) is 6.51. The molecule has 0 unspecified atom stereocenters. The first-order valence-corrected chi connectivity index (χ1v) is 10.9. The fourth-order valence-corrected chi connectivity index (χ4v) is 5.90. The van der Waals surface area contributed by atoms with Gasteiger partial charge in [0.1, 0.15) is 0 Å². The SMILES string of the molecule is Cc1ccc(S(=O)(=O)NCCN[C@@]2(C)CCS(=O)(=O)C2)cc1C. The highest BCUT2D eigenvalue weighted by atomic mass is 32.2. The van der Waals surface area contributed by atoms with Crippen molar-refractivity contribution in [2.24, 2.45) is 0 Å². The van der Waals surface area contributed by atoms with Gasteiger partial charge in [-0.15, -0.1) is 0 Å². The largest absolute Gasteiger partial charge is 0.309 e. The Labute approximate surface area is 138 Å². The normalized spacial score (nSPS) is 24.0. The highest BCUT2D eigenvalue weighted by molar-refractivity contribution is 7.91. The monoisotopic (exact) mass is 360 g/mol. The van der Waals surface area contributed by atoms with Crippen molar-refractivity contribution in [3.05, 3.63) is 29.3 Å². The van der Waals surface area contributed by atoms with Crippen molar-refractivity contribution in [1.82, 2.24) is 10.0 Å². The molecule has 1 aromatic carbocycles. The second-order valence-electron chi connectivity index (χ2n) is 6.47. The van der Waals surface area contributed by atoms with Crippen LogP contribution in [0, 0.1) is 13.8 Å². The zero-order valence-corrected chi connectivity index (χ0v) is 15.4. The van der Waals surface area contributed by atoms with Crippen LogP contribution in [-0.4, -0.2) is 47.0 Å². The smallest absolute Gasteiger partial charge is 0.240 e. The molecule has 1 heterocycles. The molecule has 23 heavy (non-hydrogen) atoms. The van der Waals surface area contributed by atoms with Gasteiger partial charge in [0.25, 0.3) is 0 Å². The Kier molecular flexibility index (Phi) is 5.20. The average Bonchev–Trinajstić information content (AvgIpc) is 2.72. The summed E-state index contributed by atoms with van der Waals surface area (Å²) in [5.41, 5.74) is 1.50. The molecule has 130 valence electrons. The molecule has 0 bridgehead atoms. The van der Waals surface area contributed by atoms with E-state index in [1.165, 1.54) is 0 Å². The van der Waals surface area contributed by atoms with Crippen molar-refractivity contribution in [3.8, 4) is 0 Å². The molecule has 0 aliphatic carbocycles. The molecular formula is C15H24N2O4S2. The molecule has 0 aromatic heterocycles. The van der Waals surface area contributed by atoms with Gasteiger partial charge in [-0.05, 0) is 50.5 Å². The van der Waals surface area contributed by atoms with E-state index in [1.54, 1.807) is 18.2 Å². The summed E-state index contributed by atoms with van der Waals surface area (Å²) in [6.45, 7) is 6.26. The molecule has 1 aromatic rings. The van der Waals surface area contributed by atoms with E-state index < -0.39 is 25.4 Å². The van der Waals surface area contributed by atoms with Crippen LogP contribution in [0.15, 0.2) is 23.1 Å². The highest BCUT2D eigenvalue weighted by Gasteiger charge is 2.37. The predicted molar refractivity (Wildman–Crippen MR) is 90.8 cm³/mol. The summed E-state index contributed by atoms with van der Waals surface area (Å²) in [4.78, 5) is 0.246. The van der Waals surface area contributed by atoms with Crippen LogP contribution < -0.4 is 10.0 Å². The maximum Gasteiger partial charge on any atom is 0.240 e. The molecule has 6 nitrogen and oxygen atoms in total. The number of sulfonamides is 1. The third kappa shape index (κ3) is 4.76. The van der Waals surface area contributed by atoms with Gasteiger partial charge in [0.05, 0.1) is 16.4 Å². The third-order valence-electron chi connectivity index (χ3n) is 4.26. The molecular weight excluding hydrogens is 336 g/mol. The first-order valence-electron chi connectivity index (χ1n) is 7.55. The van der Waals surface area contributed by atoms with Gasteiger partial charge in [-0.1, -0.05) is 6.07 Å². The van der Waals surface area contributed by atoms with Crippen LogP contribution in [0.4, 0.5) is 0 Å². The Morgan fingerprint density at radius 3 is 2.43 bits per heavy atom. The zero-order chi connectivity index (χ0) is 17.3. The van der Waals surface area contributed by atoms with E-state index in [1.807, 2.05) is 20.8 Å². The van der Waals surface area contributed by atoms with Gasteiger partial charge in [-0.3, -0.25) is 0 Å². The van der Waals surface area contributed by atoms with Crippen LogP contribution in [0.3, 0.4) is 0 Å². The van der Waals surface area contributed by atoms with Gasteiger partial charge in [0.15, 0.2) is 9.84 Å². The Morgan fingerprint density at radius 2 is 1.87 bits per heavy atom. The Hall–Kier alpha value is -0.960. The molecule has 0 amide bonds. The molecule has 2 N–H and O–H groups in total. The van der Waals surface area contributed by atoms with Gasteiger partial charge in [0.2, 0.25) is 10.0 Å². The summed E-state index contributed by atoms with van der Waals surface area (Å²) in [5.74, 6) is 0.286. The number of nitrogens with one attached hydrogen (secondary N) is 2. The van der Waals surface area contributed by atoms with E-state index in [9.17, 15) is 16.8 Å². The van der Waals surface area contributed by atoms with E-state index in [2.05, 4.69) is 10.0 Å². The second-order valence-corrected chi connectivity index (χ2v) is 10.4. The number of hydrogen-bond donors (Lipinski definition) is 2. The maximum absolute atomic E-state index is 12.2. The van der Waals surface area contributed by atoms with Crippen LogP contribution in [0.1, 0.15) is 24.5 Å². The fourth-order valence-electron chi connectivity index (χ4n) is 2.66. The standard InChI is InChI=1S/C15H24N2O4S2/c1-12-4-5-14(10-13(12)2)23(20,21)17-8-7-16-15(3)6-9-22(18,19)11-15/h4-5,10,16-17H,6-9,11H2,1-3H3/t15-/m0/s1. The predicted octanol–water partition coefficient (Wildman–Crippen LogP) is 0.749. The summed E-state index contributed by atoms with van der Waals surface area (Å²) in [6, 6.07) is 5.02. The van der Waals surface area contributed by atoms with Crippen molar-refractivity contribution in [2.75, 3.05) is 24.6 Å². The van der Waals surface area contributed by atoms with E-state index >= 15 is 0 Å². The lowest BCUT2D eigenvalue weighted by Gasteiger charge is -2.24. The Morgan fingerprint density at radius 1 is 1.17 bits per heavy atom. The summed E-state index contributed by atoms with van der Waals surface area (Å²) >= 11 is 0. The minimum atomic E-state index is -3.55. The molecule has 8 heteroatoms. The van der Waals surface area contributed by atoms with Crippen LogP contribution in [-0.2, 0) is 19.9 Å². The van der Waals surface area contributed by atoms with Crippen LogP contribution in [0.5, 0.6) is 0 Å². The maximum atomic E-state index is 12.2. The quantitative estimate of drug-likeness (QED) is 0.730. The molecule has 1 fully saturated rings. The van der Waals surface area contributed by atoms with Gasteiger partial charge in [-0.25, -0.2) is 21.6 Å². The number of hydrogen-bond acceptors (Lipinski definition) is 5. The molecule has 2 rings (SSSR count). The van der Waals surface area contributed by atoms with Crippen molar-refractivity contribution in [2.45, 2.75) is 37.6 Å². The zero-order valence-electron chi connectivity index (χ0n) is 13.7. The number of aryl methyl sites for hydroxylation is 2. The average molecular weight is 361 g/mol. The highest BCUT2D eigenvalue weighted by Crippen LogP contribution is 2.22. The summed E-state index contributed by atoms with van der Waals surface area (Å²) in [7, 11) is -6.52. The lowest BCUT2D eigenvalue weighted by Crippen LogP contribution is -2.46. The Bertz CT molecular complexity index is 788. The van der Waals surface area contributed by atoms with E-state index in [4.69, 9.17) is 0 Å². The molecule has 1 atom stereocenters. The van der Waals surface area contributed by atoms with Gasteiger partial charge in [-0.2, -0.15) is 0 Å². The van der Waals surface area contributed by atoms with Crippen molar-refractivity contribution >= 4 is 19.9 Å². The van der Waals surface area contributed by atoms with Gasteiger partial charge in [0, 0.05) is 18.6 Å². The van der Waals surface area contributed by atoms with Crippen LogP contribution in [0.2, 0.25) is 0 Å². The third-order valence-corrected chi connectivity index (χ3v) is 7.62.